The standard InChI is InChI=1S/C16H21ClO4/c1-2-3-4-5-15(14(18)10-11-17)21-13-8-6-12(7-9-13)16(19)20/h6-9,15H,2-5,10-11H2,1H3,(H,19,20). The van der Waals surface area contributed by atoms with Gasteiger partial charge in [0.05, 0.1) is 5.56 Å². The summed E-state index contributed by atoms with van der Waals surface area (Å²) in [5.41, 5.74) is 0.192. The number of carbonyl (C=O) groups is 2. The highest BCUT2D eigenvalue weighted by molar-refractivity contribution is 6.19. The zero-order valence-electron chi connectivity index (χ0n) is 12.2. The Kier molecular flexibility index (Phi) is 7.83. The number of hydrogen-bond acceptors (Lipinski definition) is 3. The van der Waals surface area contributed by atoms with Crippen molar-refractivity contribution in [2.75, 3.05) is 5.88 Å². The molecule has 0 radical (unpaired) electrons. The molecular weight excluding hydrogens is 292 g/mol. The van der Waals surface area contributed by atoms with E-state index in [-0.39, 0.29) is 23.6 Å². The topological polar surface area (TPSA) is 63.6 Å². The predicted molar refractivity (Wildman–Crippen MR) is 82.3 cm³/mol. The van der Waals surface area contributed by atoms with Crippen molar-refractivity contribution in [3.05, 3.63) is 29.8 Å². The highest BCUT2D eigenvalue weighted by Crippen LogP contribution is 2.18. The fourth-order valence-corrected chi connectivity index (χ4v) is 2.15. The van der Waals surface area contributed by atoms with Crippen molar-refractivity contribution in [3.63, 3.8) is 0 Å². The van der Waals surface area contributed by atoms with Crippen molar-refractivity contribution in [2.24, 2.45) is 0 Å². The minimum Gasteiger partial charge on any atom is -0.483 e. The Bertz CT molecular complexity index is 456. The molecule has 1 aromatic carbocycles. The molecule has 1 unspecified atom stereocenters. The van der Waals surface area contributed by atoms with Gasteiger partial charge in [0.1, 0.15) is 5.75 Å². The number of aromatic carboxylic acids is 1. The highest BCUT2D eigenvalue weighted by atomic mass is 35.5. The van der Waals surface area contributed by atoms with Gasteiger partial charge in [0.2, 0.25) is 0 Å². The third-order valence-electron chi connectivity index (χ3n) is 3.15. The fraction of sp³-hybridized carbons (Fsp3) is 0.500. The first-order valence-electron chi connectivity index (χ1n) is 7.17. The summed E-state index contributed by atoms with van der Waals surface area (Å²) < 4.78 is 5.71. The van der Waals surface area contributed by atoms with Gasteiger partial charge in [-0.25, -0.2) is 4.79 Å². The number of carbonyl (C=O) groups excluding carboxylic acids is 1. The van der Waals surface area contributed by atoms with E-state index in [1.54, 1.807) is 12.1 Å². The molecule has 21 heavy (non-hydrogen) atoms. The molecule has 1 atom stereocenters. The van der Waals surface area contributed by atoms with Crippen molar-refractivity contribution in [2.45, 2.75) is 45.1 Å². The van der Waals surface area contributed by atoms with E-state index in [0.29, 0.717) is 12.2 Å². The van der Waals surface area contributed by atoms with Crippen LogP contribution in [0.4, 0.5) is 0 Å². The third kappa shape index (κ3) is 6.17. The van der Waals surface area contributed by atoms with Gasteiger partial charge in [0, 0.05) is 12.3 Å². The summed E-state index contributed by atoms with van der Waals surface area (Å²) in [4.78, 5) is 22.8. The van der Waals surface area contributed by atoms with Gasteiger partial charge in [0.15, 0.2) is 11.9 Å². The van der Waals surface area contributed by atoms with Gasteiger partial charge in [-0.05, 0) is 37.1 Å². The second kappa shape index (κ2) is 9.40. The van der Waals surface area contributed by atoms with E-state index in [9.17, 15) is 9.59 Å². The summed E-state index contributed by atoms with van der Waals surface area (Å²) in [6.07, 6.45) is 3.47. The summed E-state index contributed by atoms with van der Waals surface area (Å²) in [5.74, 6) is -0.211. The smallest absolute Gasteiger partial charge is 0.335 e. The SMILES string of the molecule is CCCCCC(Oc1ccc(C(=O)O)cc1)C(=O)CCCl. The fourth-order valence-electron chi connectivity index (χ4n) is 1.96. The van der Waals surface area contributed by atoms with Crippen molar-refractivity contribution in [1.82, 2.24) is 0 Å². The molecule has 1 aromatic rings. The van der Waals surface area contributed by atoms with Gasteiger partial charge in [0.25, 0.3) is 0 Å². The van der Waals surface area contributed by atoms with Crippen molar-refractivity contribution < 1.29 is 19.4 Å². The number of hydrogen-bond donors (Lipinski definition) is 1. The molecule has 0 saturated heterocycles. The van der Waals surface area contributed by atoms with E-state index in [1.807, 2.05) is 0 Å². The van der Waals surface area contributed by atoms with Gasteiger partial charge in [-0.3, -0.25) is 4.79 Å². The van der Waals surface area contributed by atoms with Crippen LogP contribution >= 0.6 is 11.6 Å². The van der Waals surface area contributed by atoms with Crippen LogP contribution in [0.2, 0.25) is 0 Å². The molecule has 0 amide bonds. The summed E-state index contributed by atoms with van der Waals surface area (Å²) in [6, 6.07) is 6.08. The average molecular weight is 313 g/mol. The molecule has 5 heteroatoms. The van der Waals surface area contributed by atoms with E-state index in [0.717, 1.165) is 19.3 Å². The lowest BCUT2D eigenvalue weighted by atomic mass is 10.1. The highest BCUT2D eigenvalue weighted by Gasteiger charge is 2.19. The Morgan fingerprint density at radius 1 is 1.24 bits per heavy atom. The van der Waals surface area contributed by atoms with Gasteiger partial charge in [-0.1, -0.05) is 19.8 Å². The van der Waals surface area contributed by atoms with E-state index < -0.39 is 12.1 Å². The van der Waals surface area contributed by atoms with E-state index in [2.05, 4.69) is 6.92 Å². The number of Topliss-reactive ketones (excluding diaryl/α,β-unsaturated/α-hetero) is 1. The second-order valence-corrected chi connectivity index (χ2v) is 5.22. The minimum atomic E-state index is -0.987. The predicted octanol–water partition coefficient (Wildman–Crippen LogP) is 3.91. The van der Waals surface area contributed by atoms with Gasteiger partial charge >= 0.3 is 5.97 Å². The van der Waals surface area contributed by atoms with Crippen LogP contribution in [-0.2, 0) is 4.79 Å². The van der Waals surface area contributed by atoms with Crippen LogP contribution in [0.5, 0.6) is 5.75 Å². The van der Waals surface area contributed by atoms with E-state index >= 15 is 0 Å². The Morgan fingerprint density at radius 2 is 1.90 bits per heavy atom. The zero-order chi connectivity index (χ0) is 15.7. The number of alkyl halides is 1. The Hall–Kier alpha value is -1.55. The average Bonchev–Trinajstić information content (AvgIpc) is 2.47. The molecule has 1 N–H and O–H groups in total. The molecule has 116 valence electrons. The number of ether oxygens (including phenoxy) is 1. The van der Waals surface area contributed by atoms with Crippen LogP contribution in [-0.4, -0.2) is 28.8 Å². The monoisotopic (exact) mass is 312 g/mol. The summed E-state index contributed by atoms with van der Waals surface area (Å²) in [5, 5.41) is 8.85. The van der Waals surface area contributed by atoms with Crippen LogP contribution in [0.1, 0.15) is 49.4 Å². The number of benzene rings is 1. The number of carboxylic acids is 1. The van der Waals surface area contributed by atoms with Gasteiger partial charge in [-0.2, -0.15) is 0 Å². The maximum Gasteiger partial charge on any atom is 0.335 e. The number of unbranched alkanes of at least 4 members (excludes halogenated alkanes) is 2. The summed E-state index contributed by atoms with van der Waals surface area (Å²) in [6.45, 7) is 2.10. The molecule has 0 aliphatic carbocycles. The number of halogens is 1. The van der Waals surface area contributed by atoms with Crippen LogP contribution in [0, 0.1) is 0 Å². The summed E-state index contributed by atoms with van der Waals surface area (Å²) >= 11 is 5.62. The zero-order valence-corrected chi connectivity index (χ0v) is 12.9. The third-order valence-corrected chi connectivity index (χ3v) is 3.34. The molecule has 0 fully saturated rings. The molecule has 0 aromatic heterocycles. The van der Waals surface area contributed by atoms with Crippen LogP contribution in [0.25, 0.3) is 0 Å². The van der Waals surface area contributed by atoms with Crippen LogP contribution < -0.4 is 4.74 Å². The largest absolute Gasteiger partial charge is 0.483 e. The Morgan fingerprint density at radius 3 is 2.43 bits per heavy atom. The molecule has 0 heterocycles. The van der Waals surface area contributed by atoms with E-state index in [1.165, 1.54) is 12.1 Å². The normalized spacial score (nSPS) is 11.9. The Balaban J connectivity index is 2.69. The Labute approximate surface area is 130 Å². The van der Waals surface area contributed by atoms with Crippen molar-refractivity contribution in [3.8, 4) is 5.75 Å². The number of carboxylic acid groups (broad SMARTS) is 1. The van der Waals surface area contributed by atoms with Crippen molar-refractivity contribution >= 4 is 23.4 Å². The molecule has 0 aliphatic rings. The minimum absolute atomic E-state index is 0.0107. The quantitative estimate of drug-likeness (QED) is 0.525. The molecule has 0 saturated carbocycles. The van der Waals surface area contributed by atoms with Crippen LogP contribution in [0.15, 0.2) is 24.3 Å². The number of ketones is 1. The van der Waals surface area contributed by atoms with Crippen molar-refractivity contribution in [1.29, 1.82) is 0 Å². The van der Waals surface area contributed by atoms with Gasteiger partial charge < -0.3 is 9.84 Å². The molecule has 0 spiro atoms. The first-order chi connectivity index (χ1) is 10.1. The summed E-state index contributed by atoms with van der Waals surface area (Å²) in [7, 11) is 0. The maximum atomic E-state index is 12.0. The maximum absolute atomic E-state index is 12.0. The first kappa shape index (κ1) is 17.5. The lowest BCUT2D eigenvalue weighted by Crippen LogP contribution is -2.27. The van der Waals surface area contributed by atoms with E-state index in [4.69, 9.17) is 21.4 Å². The molecular formula is C16H21ClO4. The van der Waals surface area contributed by atoms with Gasteiger partial charge in [-0.15, -0.1) is 11.6 Å². The molecule has 4 nitrogen and oxygen atoms in total. The second-order valence-electron chi connectivity index (χ2n) is 4.84. The molecule has 1 rings (SSSR count). The molecule has 0 aliphatic heterocycles. The lowest BCUT2D eigenvalue weighted by molar-refractivity contribution is -0.125. The first-order valence-corrected chi connectivity index (χ1v) is 7.70. The van der Waals surface area contributed by atoms with Crippen LogP contribution in [0.3, 0.4) is 0 Å². The molecule has 0 bridgehead atoms. The lowest BCUT2D eigenvalue weighted by Gasteiger charge is -2.18. The number of rotatable bonds is 10.